The Hall–Kier alpha value is -0.420. The summed E-state index contributed by atoms with van der Waals surface area (Å²) in [6.45, 7) is 7.10. The van der Waals surface area contributed by atoms with E-state index < -0.39 is 0 Å². The maximum absolute atomic E-state index is 6.25. The van der Waals surface area contributed by atoms with E-state index in [2.05, 4.69) is 58.9 Å². The molecular formula is C16H25BrN2O. The van der Waals surface area contributed by atoms with Gasteiger partial charge in [0.2, 0.25) is 0 Å². The lowest BCUT2D eigenvalue weighted by molar-refractivity contribution is 0.00118. The summed E-state index contributed by atoms with van der Waals surface area (Å²) in [5, 5.41) is 0. The second-order valence-corrected chi connectivity index (χ2v) is 6.47. The molecule has 0 saturated carbocycles. The predicted molar refractivity (Wildman–Crippen MR) is 86.8 cm³/mol. The third-order valence-corrected chi connectivity index (χ3v) is 4.45. The molecule has 2 N–H and O–H groups in total. The number of nitrogens with zero attached hydrogens (tertiary/aromatic N) is 1. The molecule has 1 heterocycles. The average Bonchev–Trinajstić information content (AvgIpc) is 2.41. The number of piperidine rings is 1. The van der Waals surface area contributed by atoms with Gasteiger partial charge in [0, 0.05) is 36.3 Å². The van der Waals surface area contributed by atoms with Gasteiger partial charge in [0.05, 0.1) is 6.10 Å². The summed E-state index contributed by atoms with van der Waals surface area (Å²) in [5.74, 6) is 0. The van der Waals surface area contributed by atoms with Crippen molar-refractivity contribution in [2.45, 2.75) is 44.9 Å². The number of benzene rings is 1. The van der Waals surface area contributed by atoms with E-state index in [0.29, 0.717) is 6.10 Å². The monoisotopic (exact) mass is 340 g/mol. The zero-order valence-corrected chi connectivity index (χ0v) is 14.0. The Balaban J connectivity index is 2.07. The fourth-order valence-corrected chi connectivity index (χ4v) is 3.51. The first-order valence-electron chi connectivity index (χ1n) is 7.48. The molecule has 0 spiro atoms. The topological polar surface area (TPSA) is 38.5 Å². The molecule has 3 nitrogen and oxygen atoms in total. The molecule has 2 atom stereocenters. The zero-order valence-electron chi connectivity index (χ0n) is 12.4. The molecule has 4 heteroatoms. The van der Waals surface area contributed by atoms with Crippen molar-refractivity contribution in [3.8, 4) is 0 Å². The molecule has 1 saturated heterocycles. The minimum atomic E-state index is 0.118. The van der Waals surface area contributed by atoms with Crippen LogP contribution in [0.5, 0.6) is 0 Å². The number of hydrogen-bond acceptors (Lipinski definition) is 3. The SMILES string of the molecule is CCOC1CCN(C(c2cccc(Br)c2)C(C)N)CC1. The molecule has 2 rings (SSSR count). The summed E-state index contributed by atoms with van der Waals surface area (Å²) in [7, 11) is 0. The standard InChI is InChI=1S/C16H25BrN2O/c1-3-20-15-7-9-19(10-8-15)16(12(2)18)13-5-4-6-14(17)11-13/h4-6,11-12,15-16H,3,7-10,18H2,1-2H3. The number of hydrogen-bond donors (Lipinski definition) is 1. The first-order valence-corrected chi connectivity index (χ1v) is 8.27. The molecule has 1 fully saturated rings. The van der Waals surface area contributed by atoms with Gasteiger partial charge in [-0.05, 0) is 44.4 Å². The molecule has 2 unspecified atom stereocenters. The van der Waals surface area contributed by atoms with Crippen LogP contribution in [0.4, 0.5) is 0 Å². The first kappa shape index (κ1) is 16.0. The second-order valence-electron chi connectivity index (χ2n) is 5.55. The number of halogens is 1. The number of rotatable bonds is 5. The van der Waals surface area contributed by atoms with Crippen molar-refractivity contribution in [2.75, 3.05) is 19.7 Å². The van der Waals surface area contributed by atoms with Crippen molar-refractivity contribution in [3.05, 3.63) is 34.3 Å². The lowest BCUT2D eigenvalue weighted by Gasteiger charge is -2.39. The fourth-order valence-electron chi connectivity index (χ4n) is 3.09. The van der Waals surface area contributed by atoms with Gasteiger partial charge in [-0.15, -0.1) is 0 Å². The molecule has 0 aromatic heterocycles. The van der Waals surface area contributed by atoms with Crippen LogP contribution < -0.4 is 5.73 Å². The van der Waals surface area contributed by atoms with Crippen molar-refractivity contribution in [1.29, 1.82) is 0 Å². The minimum absolute atomic E-state index is 0.118. The summed E-state index contributed by atoms with van der Waals surface area (Å²) in [6, 6.07) is 8.91. The van der Waals surface area contributed by atoms with E-state index in [1.807, 2.05) is 0 Å². The van der Waals surface area contributed by atoms with Gasteiger partial charge >= 0.3 is 0 Å². The summed E-state index contributed by atoms with van der Waals surface area (Å²) >= 11 is 3.55. The van der Waals surface area contributed by atoms with Crippen molar-refractivity contribution in [2.24, 2.45) is 5.73 Å². The number of nitrogens with two attached hydrogens (primary N) is 1. The molecule has 0 aliphatic carbocycles. The van der Waals surface area contributed by atoms with Crippen LogP contribution in [0, 0.1) is 0 Å². The molecule has 0 bridgehead atoms. The van der Waals surface area contributed by atoms with E-state index >= 15 is 0 Å². The van der Waals surface area contributed by atoms with Crippen LogP contribution in [-0.4, -0.2) is 36.7 Å². The molecule has 1 aromatic rings. The van der Waals surface area contributed by atoms with E-state index in [4.69, 9.17) is 10.5 Å². The Kier molecular flexibility index (Phi) is 6.02. The lowest BCUT2D eigenvalue weighted by atomic mass is 9.96. The molecule has 1 aromatic carbocycles. The van der Waals surface area contributed by atoms with E-state index in [0.717, 1.165) is 37.0 Å². The Labute approximate surface area is 130 Å². The van der Waals surface area contributed by atoms with E-state index in [1.165, 1.54) is 5.56 Å². The van der Waals surface area contributed by atoms with Crippen molar-refractivity contribution >= 4 is 15.9 Å². The van der Waals surface area contributed by atoms with Gasteiger partial charge < -0.3 is 10.5 Å². The van der Waals surface area contributed by atoms with E-state index in [1.54, 1.807) is 0 Å². The Bertz CT molecular complexity index is 417. The predicted octanol–water partition coefficient (Wildman–Crippen LogP) is 3.34. The molecule has 0 radical (unpaired) electrons. The fraction of sp³-hybridized carbons (Fsp3) is 0.625. The van der Waals surface area contributed by atoms with Crippen LogP contribution in [-0.2, 0) is 4.74 Å². The van der Waals surface area contributed by atoms with Crippen molar-refractivity contribution in [1.82, 2.24) is 4.90 Å². The van der Waals surface area contributed by atoms with Gasteiger partial charge in [0.1, 0.15) is 0 Å². The second kappa shape index (κ2) is 7.55. The summed E-state index contributed by atoms with van der Waals surface area (Å²) in [6.07, 6.45) is 2.63. The Morgan fingerprint density at radius 1 is 1.40 bits per heavy atom. The van der Waals surface area contributed by atoms with Gasteiger partial charge in [0.15, 0.2) is 0 Å². The average molecular weight is 341 g/mol. The zero-order chi connectivity index (χ0) is 14.5. The van der Waals surface area contributed by atoms with Crippen molar-refractivity contribution in [3.63, 3.8) is 0 Å². The van der Waals surface area contributed by atoms with Gasteiger partial charge in [0.25, 0.3) is 0 Å². The van der Waals surface area contributed by atoms with Gasteiger partial charge in [-0.25, -0.2) is 0 Å². The highest BCUT2D eigenvalue weighted by Gasteiger charge is 2.28. The quantitative estimate of drug-likeness (QED) is 0.893. The maximum Gasteiger partial charge on any atom is 0.0599 e. The summed E-state index contributed by atoms with van der Waals surface area (Å²) < 4.78 is 6.85. The van der Waals surface area contributed by atoms with Crippen LogP contribution in [0.1, 0.15) is 38.3 Å². The van der Waals surface area contributed by atoms with Crippen LogP contribution in [0.2, 0.25) is 0 Å². The largest absolute Gasteiger partial charge is 0.378 e. The first-order chi connectivity index (χ1) is 9.61. The number of ether oxygens (including phenoxy) is 1. The molecule has 1 aliphatic heterocycles. The third kappa shape index (κ3) is 4.04. The van der Waals surface area contributed by atoms with Crippen LogP contribution in [0.3, 0.4) is 0 Å². The highest BCUT2D eigenvalue weighted by atomic mass is 79.9. The smallest absolute Gasteiger partial charge is 0.0599 e. The van der Waals surface area contributed by atoms with E-state index in [9.17, 15) is 0 Å². The molecule has 20 heavy (non-hydrogen) atoms. The minimum Gasteiger partial charge on any atom is -0.378 e. The molecule has 112 valence electrons. The van der Waals surface area contributed by atoms with E-state index in [-0.39, 0.29) is 12.1 Å². The summed E-state index contributed by atoms with van der Waals surface area (Å²) in [5.41, 5.74) is 7.55. The third-order valence-electron chi connectivity index (χ3n) is 3.96. The van der Waals surface area contributed by atoms with Crippen LogP contribution in [0.15, 0.2) is 28.7 Å². The Morgan fingerprint density at radius 3 is 2.65 bits per heavy atom. The van der Waals surface area contributed by atoms with Gasteiger partial charge in [-0.3, -0.25) is 4.90 Å². The highest BCUT2D eigenvalue weighted by molar-refractivity contribution is 9.10. The highest BCUT2D eigenvalue weighted by Crippen LogP contribution is 2.29. The Morgan fingerprint density at radius 2 is 2.10 bits per heavy atom. The molecular weight excluding hydrogens is 316 g/mol. The molecule has 0 amide bonds. The van der Waals surface area contributed by atoms with Crippen LogP contribution >= 0.6 is 15.9 Å². The maximum atomic E-state index is 6.25. The molecule has 1 aliphatic rings. The number of likely N-dealkylation sites (tertiary alicyclic amines) is 1. The normalized spacial score (nSPS) is 20.8. The summed E-state index contributed by atoms with van der Waals surface area (Å²) in [4.78, 5) is 2.50. The van der Waals surface area contributed by atoms with Crippen LogP contribution in [0.25, 0.3) is 0 Å². The van der Waals surface area contributed by atoms with Gasteiger partial charge in [-0.2, -0.15) is 0 Å². The lowest BCUT2D eigenvalue weighted by Crippen LogP contribution is -2.45. The van der Waals surface area contributed by atoms with Crippen molar-refractivity contribution < 1.29 is 4.74 Å². The van der Waals surface area contributed by atoms with Gasteiger partial charge in [-0.1, -0.05) is 28.1 Å².